The fraction of sp³-hybridized carbons (Fsp3) is 0.667. The van der Waals surface area contributed by atoms with E-state index in [1.54, 1.807) is 20.8 Å². The van der Waals surface area contributed by atoms with Crippen molar-refractivity contribution in [3.63, 3.8) is 0 Å². The number of alkyl halides is 3. The Labute approximate surface area is 178 Å². The third kappa shape index (κ3) is 6.21. The molecule has 0 heterocycles. The van der Waals surface area contributed by atoms with Crippen LogP contribution in [0.25, 0.3) is 0 Å². The zero-order chi connectivity index (χ0) is 23.7. The van der Waals surface area contributed by atoms with Gasteiger partial charge in [-0.2, -0.15) is 13.2 Å². The fourth-order valence-corrected chi connectivity index (χ4v) is 4.25. The molecule has 0 aliphatic rings. The minimum absolute atomic E-state index is 0.229. The van der Waals surface area contributed by atoms with Crippen LogP contribution in [0.5, 0.6) is 0 Å². The molecule has 2 atom stereocenters. The fourth-order valence-electron chi connectivity index (χ4n) is 2.96. The Hall–Kier alpha value is -1.58. The molecule has 2 N–H and O–H groups in total. The van der Waals surface area contributed by atoms with Crippen molar-refractivity contribution < 1.29 is 32.6 Å². The molecule has 0 bridgehead atoms. The van der Waals surface area contributed by atoms with E-state index in [0.717, 1.165) is 17.0 Å². The Bertz CT molecular complexity index is 722. The van der Waals surface area contributed by atoms with E-state index in [-0.39, 0.29) is 5.04 Å². The van der Waals surface area contributed by atoms with Crippen LogP contribution in [0.4, 0.5) is 18.0 Å². The van der Waals surface area contributed by atoms with E-state index in [0.29, 0.717) is 5.56 Å². The van der Waals surface area contributed by atoms with Crippen molar-refractivity contribution in [1.29, 1.82) is 0 Å². The Morgan fingerprint density at radius 2 is 1.53 bits per heavy atom. The van der Waals surface area contributed by atoms with E-state index in [1.165, 1.54) is 12.1 Å². The second-order valence-electron chi connectivity index (χ2n) is 9.99. The molecule has 1 rings (SSSR count). The SMILES string of the molecule is CC(C)(C)N(C(=O)O)[C@H](CO)[C@@H](O[Si](C)(C)C(C)(C)C)c1ccc(C(F)(F)F)cc1. The molecule has 0 aliphatic heterocycles. The Morgan fingerprint density at radius 1 is 1.07 bits per heavy atom. The minimum Gasteiger partial charge on any atom is -0.465 e. The molecule has 1 aromatic carbocycles. The number of hydrogen-bond acceptors (Lipinski definition) is 3. The molecule has 0 saturated carbocycles. The van der Waals surface area contributed by atoms with Crippen molar-refractivity contribution in [3.05, 3.63) is 35.4 Å². The summed E-state index contributed by atoms with van der Waals surface area (Å²) in [7, 11) is -2.47. The molecule has 0 radical (unpaired) electrons. The average molecular weight is 450 g/mol. The lowest BCUT2D eigenvalue weighted by Crippen LogP contribution is -2.57. The smallest absolute Gasteiger partial charge is 0.416 e. The lowest BCUT2D eigenvalue weighted by molar-refractivity contribution is -0.137. The van der Waals surface area contributed by atoms with E-state index >= 15 is 0 Å². The Kier molecular flexibility index (Phi) is 7.83. The van der Waals surface area contributed by atoms with Crippen LogP contribution in [0.15, 0.2) is 24.3 Å². The predicted octanol–water partition coefficient (Wildman–Crippen LogP) is 5.91. The number of hydrogen-bond donors (Lipinski definition) is 2. The van der Waals surface area contributed by atoms with Crippen molar-refractivity contribution in [2.24, 2.45) is 0 Å². The van der Waals surface area contributed by atoms with E-state index in [2.05, 4.69) is 0 Å². The van der Waals surface area contributed by atoms with Gasteiger partial charge in [-0.05, 0) is 56.6 Å². The second kappa shape index (κ2) is 8.88. The highest BCUT2D eigenvalue weighted by atomic mass is 28.4. The molecule has 0 saturated heterocycles. The van der Waals surface area contributed by atoms with Gasteiger partial charge in [0.1, 0.15) is 0 Å². The van der Waals surface area contributed by atoms with Crippen LogP contribution >= 0.6 is 0 Å². The third-order valence-electron chi connectivity index (χ3n) is 5.59. The van der Waals surface area contributed by atoms with Crippen molar-refractivity contribution in [2.75, 3.05) is 6.61 Å². The first-order valence-corrected chi connectivity index (χ1v) is 12.7. The lowest BCUT2D eigenvalue weighted by Gasteiger charge is -2.46. The van der Waals surface area contributed by atoms with E-state index in [9.17, 15) is 28.2 Å². The van der Waals surface area contributed by atoms with Gasteiger partial charge in [-0.1, -0.05) is 32.9 Å². The van der Waals surface area contributed by atoms with Gasteiger partial charge in [0.25, 0.3) is 0 Å². The summed E-state index contributed by atoms with van der Waals surface area (Å²) in [6.07, 6.45) is -6.64. The van der Waals surface area contributed by atoms with Crippen LogP contribution in [0, 0.1) is 0 Å². The molecule has 1 aromatic rings. The van der Waals surface area contributed by atoms with Gasteiger partial charge in [0.15, 0.2) is 8.32 Å². The van der Waals surface area contributed by atoms with E-state index in [4.69, 9.17) is 4.43 Å². The largest absolute Gasteiger partial charge is 0.465 e. The third-order valence-corrected chi connectivity index (χ3v) is 10.0. The maximum atomic E-state index is 13.0. The average Bonchev–Trinajstić information content (AvgIpc) is 2.54. The van der Waals surface area contributed by atoms with Crippen LogP contribution in [-0.4, -0.2) is 47.7 Å². The predicted molar refractivity (Wildman–Crippen MR) is 113 cm³/mol. The number of aliphatic hydroxyl groups excluding tert-OH is 1. The summed E-state index contributed by atoms with van der Waals surface area (Å²) in [6.45, 7) is 14.5. The molecule has 1 amide bonds. The standard InChI is InChI=1S/C21H34F3NO4Si/c1-19(2,3)25(18(27)28)16(13-26)17(29-30(7,8)20(4,5)6)14-9-11-15(12-10-14)21(22,23)24/h9-12,16-17,26H,13H2,1-8H3,(H,27,28)/t16-,17+/m1/s1. The van der Waals surface area contributed by atoms with Gasteiger partial charge in [0.05, 0.1) is 24.3 Å². The van der Waals surface area contributed by atoms with Gasteiger partial charge in [0.2, 0.25) is 0 Å². The second-order valence-corrected chi connectivity index (χ2v) is 14.7. The Morgan fingerprint density at radius 3 is 1.83 bits per heavy atom. The van der Waals surface area contributed by atoms with E-state index < -0.39 is 50.4 Å². The molecule has 9 heteroatoms. The van der Waals surface area contributed by atoms with Crippen LogP contribution < -0.4 is 0 Å². The highest BCUT2D eigenvalue weighted by Crippen LogP contribution is 2.42. The molecule has 30 heavy (non-hydrogen) atoms. The van der Waals surface area contributed by atoms with Crippen LogP contribution in [0.1, 0.15) is 58.8 Å². The van der Waals surface area contributed by atoms with Crippen LogP contribution in [0.3, 0.4) is 0 Å². The first kappa shape index (κ1) is 26.5. The number of benzene rings is 1. The minimum atomic E-state index is -4.48. The molecular formula is C21H34F3NO4Si. The first-order valence-electron chi connectivity index (χ1n) is 9.81. The zero-order valence-corrected chi connectivity index (χ0v) is 20.0. The molecule has 172 valence electrons. The summed E-state index contributed by atoms with van der Waals surface area (Å²) in [4.78, 5) is 13.2. The molecule has 0 aliphatic carbocycles. The number of rotatable bonds is 6. The van der Waals surface area contributed by atoms with Gasteiger partial charge in [0, 0.05) is 5.54 Å². The molecule has 5 nitrogen and oxygen atoms in total. The molecular weight excluding hydrogens is 415 g/mol. The maximum Gasteiger partial charge on any atom is 0.416 e. The van der Waals surface area contributed by atoms with Gasteiger partial charge < -0.3 is 14.6 Å². The topological polar surface area (TPSA) is 70.0 Å². The molecule has 0 unspecified atom stereocenters. The maximum absolute atomic E-state index is 13.0. The molecule has 0 fully saturated rings. The lowest BCUT2D eigenvalue weighted by atomic mass is 9.96. The number of carboxylic acid groups (broad SMARTS) is 1. The van der Waals surface area contributed by atoms with Gasteiger partial charge in [-0.15, -0.1) is 0 Å². The monoisotopic (exact) mass is 449 g/mol. The molecule has 0 aromatic heterocycles. The number of halogens is 3. The summed E-state index contributed by atoms with van der Waals surface area (Å²) in [5.41, 5.74) is -1.27. The van der Waals surface area contributed by atoms with Gasteiger partial charge in [-0.3, -0.25) is 4.90 Å². The number of carbonyl (C=O) groups is 1. The van der Waals surface area contributed by atoms with Crippen molar-refractivity contribution >= 4 is 14.4 Å². The summed E-state index contributed by atoms with van der Waals surface area (Å²) >= 11 is 0. The summed E-state index contributed by atoms with van der Waals surface area (Å²) in [5.74, 6) is 0. The quantitative estimate of drug-likeness (QED) is 0.530. The van der Waals surface area contributed by atoms with Crippen molar-refractivity contribution in [3.8, 4) is 0 Å². The van der Waals surface area contributed by atoms with Crippen molar-refractivity contribution in [1.82, 2.24) is 4.90 Å². The van der Waals surface area contributed by atoms with E-state index in [1.807, 2.05) is 33.9 Å². The summed E-state index contributed by atoms with van der Waals surface area (Å²) < 4.78 is 45.5. The normalized spacial score (nSPS) is 15.6. The highest BCUT2D eigenvalue weighted by molar-refractivity contribution is 6.74. The van der Waals surface area contributed by atoms with Crippen molar-refractivity contribution in [2.45, 2.75) is 83.5 Å². The number of nitrogens with zero attached hydrogens (tertiary/aromatic N) is 1. The Balaban J connectivity index is 3.58. The van der Waals surface area contributed by atoms with Crippen LogP contribution in [-0.2, 0) is 10.6 Å². The van der Waals surface area contributed by atoms with Gasteiger partial charge in [-0.25, -0.2) is 4.79 Å². The molecule has 0 spiro atoms. The number of aliphatic hydroxyl groups is 1. The number of amides is 1. The van der Waals surface area contributed by atoms with Crippen LogP contribution in [0.2, 0.25) is 18.1 Å². The highest BCUT2D eigenvalue weighted by Gasteiger charge is 2.45. The van der Waals surface area contributed by atoms with Gasteiger partial charge >= 0.3 is 12.3 Å². The zero-order valence-electron chi connectivity index (χ0n) is 19.0. The summed E-state index contributed by atoms with van der Waals surface area (Å²) in [5, 5.41) is 19.8. The first-order chi connectivity index (χ1) is 13.3. The summed E-state index contributed by atoms with van der Waals surface area (Å²) in [6, 6.07) is 3.51.